The van der Waals surface area contributed by atoms with Gasteiger partial charge in [0.05, 0.1) is 7.11 Å². The monoisotopic (exact) mass is 135 g/mol. The van der Waals surface area contributed by atoms with Gasteiger partial charge in [0.2, 0.25) is 0 Å². The third-order valence-electron chi connectivity index (χ3n) is 0.718. The highest BCUT2D eigenvalue weighted by Crippen LogP contribution is 2.22. The molecule has 3 heteroatoms. The zero-order valence-electron chi connectivity index (χ0n) is 5.55. The molecule has 0 saturated carbocycles. The molecule has 0 aliphatic rings. The molecule has 8 heavy (non-hydrogen) atoms. The summed E-state index contributed by atoms with van der Waals surface area (Å²) in [6.45, 7) is 4.04. The summed E-state index contributed by atoms with van der Waals surface area (Å²) in [5.74, 6) is 0.471. The summed E-state index contributed by atoms with van der Waals surface area (Å²) in [4.78, 5) is 0. The molecule has 0 fully saturated rings. The zero-order valence-corrected chi connectivity index (χ0v) is 6.44. The summed E-state index contributed by atoms with van der Waals surface area (Å²) in [6.07, 6.45) is 0.672. The highest BCUT2D eigenvalue weighted by molar-refractivity contribution is 7.39. The largest absolute Gasteiger partial charge is 0.508 e. The van der Waals surface area contributed by atoms with Crippen LogP contribution >= 0.6 is 8.03 Å². The summed E-state index contributed by atoms with van der Waals surface area (Å²) >= 11 is 0. The van der Waals surface area contributed by atoms with Crippen LogP contribution in [-0.2, 0) is 9.09 Å². The Morgan fingerprint density at radius 3 is 2.25 bits per heavy atom. The molecule has 0 aliphatic heterocycles. The molecule has 0 aromatic rings. The average molecular weight is 135 g/mol. The minimum absolute atomic E-state index is 0.471. The standard InChI is InChI=1S/C5H12O2P/c1-5(2)4-8(6)7-3/h5H,4H2,1-3H3/q+1. The number of hydrogen-bond acceptors (Lipinski definition) is 2. The molecule has 0 rings (SSSR count). The van der Waals surface area contributed by atoms with Crippen molar-refractivity contribution >= 4 is 8.03 Å². The van der Waals surface area contributed by atoms with Gasteiger partial charge in [0.25, 0.3) is 0 Å². The molecule has 0 heterocycles. The van der Waals surface area contributed by atoms with Gasteiger partial charge in [-0.05, 0) is 4.57 Å². The minimum Gasteiger partial charge on any atom is -0.150 e. The number of hydrogen-bond donors (Lipinski definition) is 0. The van der Waals surface area contributed by atoms with Gasteiger partial charge in [0.15, 0.2) is 6.16 Å². The van der Waals surface area contributed by atoms with Crippen LogP contribution in [0.25, 0.3) is 0 Å². The van der Waals surface area contributed by atoms with Crippen molar-refractivity contribution < 1.29 is 9.09 Å². The van der Waals surface area contributed by atoms with E-state index in [9.17, 15) is 4.57 Å². The van der Waals surface area contributed by atoms with Crippen molar-refractivity contribution in [3.63, 3.8) is 0 Å². The van der Waals surface area contributed by atoms with Crippen LogP contribution in [0.2, 0.25) is 0 Å². The van der Waals surface area contributed by atoms with Crippen molar-refractivity contribution in [1.29, 1.82) is 0 Å². The molecule has 0 aromatic carbocycles. The average Bonchev–Trinajstić information content (AvgIpc) is 1.65. The molecule has 2 nitrogen and oxygen atoms in total. The Bertz CT molecular complexity index is 80.5. The van der Waals surface area contributed by atoms with Crippen LogP contribution in [0.4, 0.5) is 0 Å². The van der Waals surface area contributed by atoms with E-state index in [0.29, 0.717) is 12.1 Å². The van der Waals surface area contributed by atoms with Crippen molar-refractivity contribution in [2.45, 2.75) is 13.8 Å². The van der Waals surface area contributed by atoms with Crippen LogP contribution in [-0.4, -0.2) is 13.3 Å². The fourth-order valence-electron chi connectivity index (χ4n) is 0.373. The lowest BCUT2D eigenvalue weighted by Gasteiger charge is -1.88. The van der Waals surface area contributed by atoms with Crippen LogP contribution in [0.1, 0.15) is 13.8 Å². The molecule has 1 unspecified atom stereocenters. The van der Waals surface area contributed by atoms with Crippen molar-refractivity contribution in [2.24, 2.45) is 5.92 Å². The minimum atomic E-state index is -1.37. The second-order valence-electron chi connectivity index (χ2n) is 2.09. The van der Waals surface area contributed by atoms with Crippen LogP contribution in [0, 0.1) is 5.92 Å². The quantitative estimate of drug-likeness (QED) is 0.553. The smallest absolute Gasteiger partial charge is 0.150 e. The predicted octanol–water partition coefficient (Wildman–Crippen LogP) is 2.03. The van der Waals surface area contributed by atoms with Crippen LogP contribution in [0.3, 0.4) is 0 Å². The second kappa shape index (κ2) is 3.99. The van der Waals surface area contributed by atoms with E-state index in [1.54, 1.807) is 0 Å². The third-order valence-corrected chi connectivity index (χ3v) is 2.15. The highest BCUT2D eigenvalue weighted by Gasteiger charge is 2.15. The second-order valence-corrected chi connectivity index (χ2v) is 3.49. The van der Waals surface area contributed by atoms with E-state index in [1.807, 2.05) is 13.8 Å². The zero-order chi connectivity index (χ0) is 6.57. The van der Waals surface area contributed by atoms with Gasteiger partial charge in [-0.3, -0.25) is 0 Å². The predicted molar refractivity (Wildman–Crippen MR) is 34.3 cm³/mol. The first-order valence-corrected chi connectivity index (χ1v) is 4.02. The van der Waals surface area contributed by atoms with Crippen molar-refractivity contribution in [3.05, 3.63) is 0 Å². The lowest BCUT2D eigenvalue weighted by Crippen LogP contribution is -1.89. The third kappa shape index (κ3) is 4.23. The Kier molecular flexibility index (Phi) is 4.02. The maximum atomic E-state index is 10.5. The molecule has 0 N–H and O–H groups in total. The fourth-order valence-corrected chi connectivity index (χ4v) is 1.12. The molecule has 0 spiro atoms. The Labute approximate surface area is 51.1 Å². The molecule has 0 radical (unpaired) electrons. The van der Waals surface area contributed by atoms with Gasteiger partial charge in [0, 0.05) is 5.92 Å². The molecule has 0 saturated heterocycles. The van der Waals surface area contributed by atoms with Gasteiger partial charge in [0.1, 0.15) is 0 Å². The SMILES string of the molecule is CO[P+](=O)CC(C)C. The van der Waals surface area contributed by atoms with Gasteiger partial charge >= 0.3 is 8.03 Å². The van der Waals surface area contributed by atoms with Crippen LogP contribution in [0.5, 0.6) is 0 Å². The Balaban J connectivity index is 3.25. The number of rotatable bonds is 3. The van der Waals surface area contributed by atoms with Gasteiger partial charge in [-0.2, -0.15) is 0 Å². The first-order chi connectivity index (χ1) is 3.66. The molecule has 48 valence electrons. The topological polar surface area (TPSA) is 26.3 Å². The maximum absolute atomic E-state index is 10.5. The normalized spacial score (nSPS) is 12.2. The van der Waals surface area contributed by atoms with Crippen molar-refractivity contribution in [2.75, 3.05) is 13.3 Å². The first kappa shape index (κ1) is 8.06. The van der Waals surface area contributed by atoms with E-state index < -0.39 is 8.03 Å². The lowest BCUT2D eigenvalue weighted by atomic mass is 10.3. The highest BCUT2D eigenvalue weighted by atomic mass is 31.1. The Hall–Kier alpha value is 0.0600. The lowest BCUT2D eigenvalue weighted by molar-refractivity contribution is 0.409. The summed E-state index contributed by atoms with van der Waals surface area (Å²) in [7, 11) is 0.105. The van der Waals surface area contributed by atoms with Crippen LogP contribution < -0.4 is 0 Å². The summed E-state index contributed by atoms with van der Waals surface area (Å²) in [5, 5.41) is 0. The summed E-state index contributed by atoms with van der Waals surface area (Å²) in [6, 6.07) is 0. The van der Waals surface area contributed by atoms with Gasteiger partial charge < -0.3 is 0 Å². The molecule has 0 amide bonds. The van der Waals surface area contributed by atoms with E-state index in [4.69, 9.17) is 0 Å². The molecule has 1 atom stereocenters. The molecular formula is C5H12O2P+. The molecule has 0 aliphatic carbocycles. The molecule has 0 bridgehead atoms. The summed E-state index contributed by atoms with van der Waals surface area (Å²) < 4.78 is 15.1. The summed E-state index contributed by atoms with van der Waals surface area (Å²) in [5.41, 5.74) is 0. The van der Waals surface area contributed by atoms with Crippen LogP contribution in [0.15, 0.2) is 0 Å². The molecule has 0 aromatic heterocycles. The van der Waals surface area contributed by atoms with E-state index in [0.717, 1.165) is 0 Å². The van der Waals surface area contributed by atoms with Gasteiger partial charge in [-0.15, -0.1) is 4.52 Å². The van der Waals surface area contributed by atoms with E-state index >= 15 is 0 Å². The fraction of sp³-hybridized carbons (Fsp3) is 1.00. The molecular weight excluding hydrogens is 123 g/mol. The van der Waals surface area contributed by atoms with Crippen molar-refractivity contribution in [1.82, 2.24) is 0 Å². The Morgan fingerprint density at radius 2 is 2.12 bits per heavy atom. The first-order valence-electron chi connectivity index (χ1n) is 2.65. The van der Waals surface area contributed by atoms with E-state index in [-0.39, 0.29) is 0 Å². The Morgan fingerprint density at radius 1 is 1.62 bits per heavy atom. The van der Waals surface area contributed by atoms with Gasteiger partial charge in [-0.25, -0.2) is 0 Å². The maximum Gasteiger partial charge on any atom is 0.508 e. The van der Waals surface area contributed by atoms with Gasteiger partial charge in [-0.1, -0.05) is 13.8 Å². The van der Waals surface area contributed by atoms with E-state index in [2.05, 4.69) is 4.52 Å². The van der Waals surface area contributed by atoms with Crippen molar-refractivity contribution in [3.8, 4) is 0 Å². The van der Waals surface area contributed by atoms with E-state index in [1.165, 1.54) is 7.11 Å².